The summed E-state index contributed by atoms with van der Waals surface area (Å²) < 4.78 is 0. The zero-order valence-corrected chi connectivity index (χ0v) is 12.0. The van der Waals surface area contributed by atoms with Gasteiger partial charge < -0.3 is 15.2 Å². The first-order valence-electron chi connectivity index (χ1n) is 6.71. The van der Waals surface area contributed by atoms with E-state index in [2.05, 4.69) is 5.28 Å². The van der Waals surface area contributed by atoms with Crippen LogP contribution in [-0.4, -0.2) is 58.2 Å². The van der Waals surface area contributed by atoms with Gasteiger partial charge in [0.25, 0.3) is 11.8 Å². The third-order valence-corrected chi connectivity index (χ3v) is 3.16. The Hall–Kier alpha value is -2.68. The third kappa shape index (κ3) is 2.98. The Morgan fingerprint density at radius 3 is 2.41 bits per heavy atom. The molecule has 0 saturated heterocycles. The molecule has 1 aliphatic heterocycles. The molecule has 118 valence electrons. The molecule has 0 saturated carbocycles. The Bertz CT molecular complexity index is 569. The number of hydrogen-bond acceptors (Lipinski definition) is 6. The average molecular weight is 308 g/mol. The van der Waals surface area contributed by atoms with Gasteiger partial charge in [0.05, 0.1) is 35.8 Å². The molecule has 9 nitrogen and oxygen atoms in total. The lowest BCUT2D eigenvalue weighted by Gasteiger charge is -2.15. The minimum Gasteiger partial charge on any atom is -0.569 e. The van der Waals surface area contributed by atoms with Crippen LogP contribution in [0.1, 0.15) is 27.6 Å². The number of nitrogens with zero attached hydrogens (tertiary/aromatic N) is 4. The summed E-state index contributed by atoms with van der Waals surface area (Å²) in [5.41, 5.74) is 0.594. The second kappa shape index (κ2) is 6.85. The van der Waals surface area contributed by atoms with Gasteiger partial charge in [-0.05, 0) is 19.1 Å². The lowest BCUT2D eigenvalue weighted by atomic mass is 10.1. The van der Waals surface area contributed by atoms with Gasteiger partial charge in [0.15, 0.2) is 0 Å². The van der Waals surface area contributed by atoms with Crippen LogP contribution in [0.4, 0.5) is 0 Å². The van der Waals surface area contributed by atoms with Crippen molar-refractivity contribution >= 4 is 11.8 Å². The van der Waals surface area contributed by atoms with Crippen molar-refractivity contribution in [2.45, 2.75) is 6.92 Å². The quantitative estimate of drug-likeness (QED) is 0.337. The summed E-state index contributed by atoms with van der Waals surface area (Å²) in [5, 5.41) is 24.8. The molecule has 0 unspecified atom stereocenters. The maximum Gasteiger partial charge on any atom is 0.264 e. The van der Waals surface area contributed by atoms with E-state index in [1.165, 1.54) is 5.01 Å². The molecule has 0 atom stereocenters. The van der Waals surface area contributed by atoms with Crippen molar-refractivity contribution in [1.82, 2.24) is 9.91 Å². The van der Waals surface area contributed by atoms with Gasteiger partial charge in [-0.15, -0.1) is 5.01 Å². The van der Waals surface area contributed by atoms with Crippen LogP contribution >= 0.6 is 0 Å². The number of imide groups is 1. The van der Waals surface area contributed by atoms with Crippen molar-refractivity contribution in [3.8, 4) is 0 Å². The van der Waals surface area contributed by atoms with Crippen LogP contribution in [0.3, 0.4) is 0 Å². The van der Waals surface area contributed by atoms with Crippen LogP contribution in [0.5, 0.6) is 0 Å². The topological polar surface area (TPSA) is 109 Å². The van der Waals surface area contributed by atoms with Crippen molar-refractivity contribution in [2.24, 2.45) is 5.28 Å². The number of aliphatic hydroxyl groups is 1. The van der Waals surface area contributed by atoms with E-state index in [1.54, 1.807) is 31.2 Å². The highest BCUT2D eigenvalue weighted by molar-refractivity contribution is 6.21. The number of fused-ring (bicyclic) bond motifs is 1. The lowest BCUT2D eigenvalue weighted by molar-refractivity contribution is -0.711. The van der Waals surface area contributed by atoms with E-state index >= 15 is 0 Å². The van der Waals surface area contributed by atoms with Crippen molar-refractivity contribution in [1.29, 1.82) is 0 Å². The Kier molecular flexibility index (Phi) is 4.89. The average Bonchev–Trinajstić information content (AvgIpc) is 2.77. The van der Waals surface area contributed by atoms with Crippen LogP contribution < -0.4 is 0 Å². The Morgan fingerprint density at radius 1 is 1.32 bits per heavy atom. The number of likely N-dealkylation sites (N-methyl/N-ethyl adjacent to an activating group) is 1. The number of hydrogen-bond donors (Lipinski definition) is 1. The fourth-order valence-corrected chi connectivity index (χ4v) is 2.02. The molecule has 0 spiro atoms. The third-order valence-electron chi connectivity index (χ3n) is 3.16. The predicted molar refractivity (Wildman–Crippen MR) is 73.3 cm³/mol. The maximum atomic E-state index is 12.0. The second-order valence-corrected chi connectivity index (χ2v) is 4.45. The molecule has 22 heavy (non-hydrogen) atoms. The first-order chi connectivity index (χ1) is 10.6. The van der Waals surface area contributed by atoms with Gasteiger partial charge in [0.1, 0.15) is 0 Å². The second-order valence-electron chi connectivity index (χ2n) is 4.45. The first-order valence-corrected chi connectivity index (χ1v) is 6.71. The molecule has 1 aromatic carbocycles. The molecule has 0 radical (unpaired) electrons. The normalized spacial score (nSPS) is 14.3. The Morgan fingerprint density at radius 2 is 1.91 bits per heavy atom. The summed E-state index contributed by atoms with van der Waals surface area (Å²) in [7, 11) is 0. The largest absolute Gasteiger partial charge is 0.569 e. The Labute approximate surface area is 126 Å². The molecular formula is C13H16N4O5. The summed E-state index contributed by atoms with van der Waals surface area (Å²) in [4.78, 5) is 29.9. The molecule has 2 rings (SSSR count). The molecule has 0 aromatic heterocycles. The monoisotopic (exact) mass is 308 g/mol. The number of carbonyl (C=O) groups is 2. The summed E-state index contributed by atoms with van der Waals surface area (Å²) in [6.45, 7) is 1.46. The molecule has 1 aliphatic rings. The van der Waals surface area contributed by atoms with Gasteiger partial charge in [0.2, 0.25) is 12.0 Å². The number of hydrazine groups is 1. The lowest BCUT2D eigenvalue weighted by Crippen LogP contribution is -2.34. The smallest absolute Gasteiger partial charge is 0.264 e. The fraction of sp³-hybridized carbons (Fsp3) is 0.385. The molecule has 1 N–H and O–H groups in total. The van der Waals surface area contributed by atoms with Gasteiger partial charge in [-0.1, -0.05) is 12.1 Å². The number of aliphatic hydroxyl groups excluding tert-OH is 1. The predicted octanol–water partition coefficient (Wildman–Crippen LogP) is 0.363. The van der Waals surface area contributed by atoms with Gasteiger partial charge in [-0.3, -0.25) is 9.59 Å². The van der Waals surface area contributed by atoms with E-state index in [0.717, 1.165) is 4.90 Å². The van der Waals surface area contributed by atoms with Crippen LogP contribution in [0, 0.1) is 5.21 Å². The van der Waals surface area contributed by atoms with E-state index < -0.39 is 18.5 Å². The van der Waals surface area contributed by atoms with E-state index in [4.69, 9.17) is 9.94 Å². The molecule has 0 aliphatic carbocycles. The summed E-state index contributed by atoms with van der Waals surface area (Å²) in [6, 6.07) is 6.41. The standard InChI is InChI=1S/C13H16N4O5/c1-2-15(7-8-18)17(21)14-22-9-16-12(19)10-5-3-4-6-11(10)13(16)20/h3-6,18H,2,7-9H2,1H3/b17-14+. The number of benzene rings is 1. The van der Waals surface area contributed by atoms with Crippen LogP contribution in [-0.2, 0) is 4.84 Å². The molecule has 1 heterocycles. The molecule has 0 fully saturated rings. The highest BCUT2D eigenvalue weighted by Crippen LogP contribution is 2.22. The van der Waals surface area contributed by atoms with Gasteiger partial charge in [-0.2, -0.15) is 0 Å². The van der Waals surface area contributed by atoms with E-state index in [9.17, 15) is 14.8 Å². The van der Waals surface area contributed by atoms with Crippen molar-refractivity contribution in [3.63, 3.8) is 0 Å². The van der Waals surface area contributed by atoms with Crippen LogP contribution in [0.25, 0.3) is 0 Å². The summed E-state index contributed by atoms with van der Waals surface area (Å²) in [5.74, 6) is -0.980. The highest BCUT2D eigenvalue weighted by atomic mass is 16.7. The van der Waals surface area contributed by atoms with Crippen LogP contribution in [0.2, 0.25) is 0 Å². The van der Waals surface area contributed by atoms with Gasteiger partial charge in [-0.25, -0.2) is 4.90 Å². The number of amides is 2. The first kappa shape index (κ1) is 15.7. The zero-order chi connectivity index (χ0) is 16.1. The number of rotatable bonds is 7. The molecule has 9 heteroatoms. The van der Waals surface area contributed by atoms with Gasteiger partial charge in [0, 0.05) is 0 Å². The SMILES string of the molecule is CCN(CCO)/[N+]([O-])=N\OCN1C(=O)c2ccccc2C1=O. The minimum absolute atomic E-state index is 0.0971. The number of carbonyl (C=O) groups excluding carboxylic acids is 2. The summed E-state index contributed by atoms with van der Waals surface area (Å²) in [6.07, 6.45) is 0. The van der Waals surface area contributed by atoms with Crippen LogP contribution in [0.15, 0.2) is 29.5 Å². The fourth-order valence-electron chi connectivity index (χ4n) is 2.02. The Balaban J connectivity index is 1.99. The molecule has 1 aromatic rings. The molecular weight excluding hydrogens is 292 g/mol. The zero-order valence-electron chi connectivity index (χ0n) is 12.0. The van der Waals surface area contributed by atoms with E-state index in [1.807, 2.05) is 0 Å². The van der Waals surface area contributed by atoms with E-state index in [0.29, 0.717) is 17.7 Å². The van der Waals surface area contributed by atoms with Gasteiger partial charge >= 0.3 is 0 Å². The van der Waals surface area contributed by atoms with E-state index in [-0.39, 0.29) is 18.1 Å². The summed E-state index contributed by atoms with van der Waals surface area (Å²) >= 11 is 0. The highest BCUT2D eigenvalue weighted by Gasteiger charge is 2.35. The van der Waals surface area contributed by atoms with Crippen molar-refractivity contribution in [2.75, 3.05) is 26.4 Å². The maximum absolute atomic E-state index is 12.0. The van der Waals surface area contributed by atoms with Crippen molar-refractivity contribution < 1.29 is 24.5 Å². The molecule has 2 amide bonds. The van der Waals surface area contributed by atoms with Crippen molar-refractivity contribution in [3.05, 3.63) is 40.6 Å². The molecule has 0 bridgehead atoms. The minimum atomic E-state index is -0.490.